The Bertz CT molecular complexity index is 413. The van der Waals surface area contributed by atoms with Gasteiger partial charge in [0.2, 0.25) is 0 Å². The molecule has 0 bridgehead atoms. The standard InChI is InChI=1S/C10H13ClN2O4/c1-17-9(15)3-7(14)10(16)5-4-13-8(11)2-6(5)12/h2,4,7,10,14,16H,3H2,1H3,(H2,12,13). The van der Waals surface area contributed by atoms with E-state index in [0.29, 0.717) is 0 Å². The number of esters is 1. The van der Waals surface area contributed by atoms with Crippen molar-refractivity contribution in [3.05, 3.63) is 23.0 Å². The van der Waals surface area contributed by atoms with Crippen LogP contribution >= 0.6 is 11.6 Å². The highest BCUT2D eigenvalue weighted by atomic mass is 35.5. The summed E-state index contributed by atoms with van der Waals surface area (Å²) in [5.74, 6) is -0.628. The van der Waals surface area contributed by atoms with Gasteiger partial charge < -0.3 is 20.7 Å². The summed E-state index contributed by atoms with van der Waals surface area (Å²) in [4.78, 5) is 14.7. The minimum Gasteiger partial charge on any atom is -0.469 e. The molecule has 2 unspecified atom stereocenters. The number of nitrogens with zero attached hydrogens (tertiary/aromatic N) is 1. The van der Waals surface area contributed by atoms with Gasteiger partial charge in [0.1, 0.15) is 11.3 Å². The molecular formula is C10H13ClN2O4. The fraction of sp³-hybridized carbons (Fsp3) is 0.400. The lowest BCUT2D eigenvalue weighted by atomic mass is 10.0. The number of anilines is 1. The summed E-state index contributed by atoms with van der Waals surface area (Å²) in [5.41, 5.74) is 6.02. The predicted octanol–water partition coefficient (Wildman–Crippen LogP) is 0.275. The Morgan fingerprint density at radius 2 is 2.29 bits per heavy atom. The van der Waals surface area contributed by atoms with E-state index in [9.17, 15) is 15.0 Å². The van der Waals surface area contributed by atoms with Crippen molar-refractivity contribution in [2.45, 2.75) is 18.6 Å². The Labute approximate surface area is 103 Å². The number of methoxy groups -OCH3 is 1. The molecule has 0 spiro atoms. The number of carbonyl (C=O) groups excluding carboxylic acids is 1. The van der Waals surface area contributed by atoms with Gasteiger partial charge in [-0.3, -0.25) is 4.79 Å². The number of rotatable bonds is 4. The van der Waals surface area contributed by atoms with Crippen molar-refractivity contribution in [3.63, 3.8) is 0 Å². The van der Waals surface area contributed by atoms with Crippen LogP contribution < -0.4 is 5.73 Å². The highest BCUT2D eigenvalue weighted by Gasteiger charge is 2.23. The number of pyridine rings is 1. The van der Waals surface area contributed by atoms with Crippen LogP contribution in [0.25, 0.3) is 0 Å². The molecular weight excluding hydrogens is 248 g/mol. The lowest BCUT2D eigenvalue weighted by molar-refractivity contribution is -0.144. The van der Waals surface area contributed by atoms with Crippen LogP contribution in [0.5, 0.6) is 0 Å². The third kappa shape index (κ3) is 3.55. The summed E-state index contributed by atoms with van der Waals surface area (Å²) in [7, 11) is 1.19. The fourth-order valence-electron chi connectivity index (χ4n) is 1.27. The van der Waals surface area contributed by atoms with Gasteiger partial charge >= 0.3 is 5.97 Å². The lowest BCUT2D eigenvalue weighted by Crippen LogP contribution is -2.23. The lowest BCUT2D eigenvalue weighted by Gasteiger charge is -2.18. The maximum atomic E-state index is 10.9. The van der Waals surface area contributed by atoms with Gasteiger partial charge in [0, 0.05) is 17.4 Å². The molecule has 0 aromatic carbocycles. The van der Waals surface area contributed by atoms with E-state index in [-0.39, 0.29) is 22.8 Å². The van der Waals surface area contributed by atoms with E-state index in [2.05, 4.69) is 9.72 Å². The van der Waals surface area contributed by atoms with Crippen LogP contribution in [0, 0.1) is 0 Å². The monoisotopic (exact) mass is 260 g/mol. The zero-order valence-corrected chi connectivity index (χ0v) is 9.89. The average molecular weight is 261 g/mol. The molecule has 1 heterocycles. The van der Waals surface area contributed by atoms with Gasteiger partial charge in [0.05, 0.1) is 19.6 Å². The molecule has 17 heavy (non-hydrogen) atoms. The van der Waals surface area contributed by atoms with Gasteiger partial charge in [-0.1, -0.05) is 11.6 Å². The number of nitrogens with two attached hydrogens (primary N) is 1. The number of halogens is 1. The topological polar surface area (TPSA) is 106 Å². The van der Waals surface area contributed by atoms with Gasteiger partial charge in [-0.2, -0.15) is 0 Å². The van der Waals surface area contributed by atoms with E-state index in [1.54, 1.807) is 0 Å². The number of carbonyl (C=O) groups is 1. The van der Waals surface area contributed by atoms with Crippen LogP contribution in [-0.4, -0.2) is 34.4 Å². The van der Waals surface area contributed by atoms with Crippen molar-refractivity contribution in [1.82, 2.24) is 4.98 Å². The third-order valence-corrected chi connectivity index (χ3v) is 2.43. The average Bonchev–Trinajstić information content (AvgIpc) is 2.28. The number of hydrogen-bond donors (Lipinski definition) is 3. The number of aliphatic hydroxyl groups is 2. The summed E-state index contributed by atoms with van der Waals surface area (Å²) in [6.45, 7) is 0. The van der Waals surface area contributed by atoms with E-state index in [1.165, 1.54) is 19.4 Å². The summed E-state index contributed by atoms with van der Waals surface area (Å²) in [6.07, 6.45) is -1.71. The second-order valence-corrected chi connectivity index (χ2v) is 3.82. The van der Waals surface area contributed by atoms with Crippen LogP contribution in [0.3, 0.4) is 0 Å². The minimum absolute atomic E-state index is 0.181. The van der Waals surface area contributed by atoms with Crippen LogP contribution in [0.4, 0.5) is 5.69 Å². The molecule has 1 aromatic heterocycles. The van der Waals surface area contributed by atoms with Crippen molar-refractivity contribution >= 4 is 23.3 Å². The molecule has 7 heteroatoms. The molecule has 0 saturated heterocycles. The maximum Gasteiger partial charge on any atom is 0.308 e. The predicted molar refractivity (Wildman–Crippen MR) is 61.3 cm³/mol. The van der Waals surface area contributed by atoms with E-state index in [0.717, 1.165) is 0 Å². The number of aromatic nitrogens is 1. The van der Waals surface area contributed by atoms with Gasteiger partial charge in [-0.05, 0) is 6.07 Å². The minimum atomic E-state index is -1.32. The molecule has 0 fully saturated rings. The first kappa shape index (κ1) is 13.7. The maximum absolute atomic E-state index is 10.9. The summed E-state index contributed by atoms with van der Waals surface area (Å²) >= 11 is 5.60. The van der Waals surface area contributed by atoms with Crippen LogP contribution in [0.15, 0.2) is 12.3 Å². The second kappa shape index (κ2) is 5.81. The first-order valence-corrected chi connectivity index (χ1v) is 5.17. The molecule has 0 aliphatic heterocycles. The zero-order valence-electron chi connectivity index (χ0n) is 9.13. The molecule has 2 atom stereocenters. The normalized spacial score (nSPS) is 14.1. The number of nitrogen functional groups attached to an aromatic ring is 1. The number of hydrogen-bond acceptors (Lipinski definition) is 6. The Morgan fingerprint density at radius 1 is 1.65 bits per heavy atom. The zero-order chi connectivity index (χ0) is 13.0. The third-order valence-electron chi connectivity index (χ3n) is 2.22. The van der Waals surface area contributed by atoms with Crippen LogP contribution in [0.1, 0.15) is 18.1 Å². The summed E-state index contributed by atoms with van der Waals surface area (Å²) < 4.78 is 4.38. The highest BCUT2D eigenvalue weighted by Crippen LogP contribution is 2.25. The molecule has 1 aromatic rings. The molecule has 6 nitrogen and oxygen atoms in total. The smallest absolute Gasteiger partial charge is 0.308 e. The molecule has 0 aliphatic rings. The quantitative estimate of drug-likeness (QED) is 0.530. The van der Waals surface area contributed by atoms with Gasteiger partial charge in [0.25, 0.3) is 0 Å². The van der Waals surface area contributed by atoms with Gasteiger partial charge in [0.15, 0.2) is 0 Å². The van der Waals surface area contributed by atoms with E-state index < -0.39 is 18.2 Å². The van der Waals surface area contributed by atoms with Crippen molar-refractivity contribution in [2.75, 3.05) is 12.8 Å². The first-order chi connectivity index (χ1) is 7.95. The fourth-order valence-corrected chi connectivity index (χ4v) is 1.44. The Morgan fingerprint density at radius 3 is 2.82 bits per heavy atom. The van der Waals surface area contributed by atoms with Crippen molar-refractivity contribution < 1.29 is 19.7 Å². The molecule has 94 valence electrons. The van der Waals surface area contributed by atoms with E-state index in [1.807, 2.05) is 0 Å². The van der Waals surface area contributed by atoms with Crippen molar-refractivity contribution in [2.24, 2.45) is 0 Å². The molecule has 0 aliphatic carbocycles. The molecule has 4 N–H and O–H groups in total. The van der Waals surface area contributed by atoms with Crippen molar-refractivity contribution in [1.29, 1.82) is 0 Å². The van der Waals surface area contributed by atoms with Crippen molar-refractivity contribution in [3.8, 4) is 0 Å². The Balaban J connectivity index is 2.81. The highest BCUT2D eigenvalue weighted by molar-refractivity contribution is 6.29. The summed E-state index contributed by atoms with van der Waals surface area (Å²) in [5, 5.41) is 19.6. The molecule has 0 radical (unpaired) electrons. The van der Waals surface area contributed by atoms with E-state index in [4.69, 9.17) is 17.3 Å². The molecule has 0 amide bonds. The largest absolute Gasteiger partial charge is 0.469 e. The first-order valence-electron chi connectivity index (χ1n) is 4.79. The number of aliphatic hydroxyl groups excluding tert-OH is 2. The SMILES string of the molecule is COC(=O)CC(O)C(O)c1cnc(Cl)cc1N. The van der Waals surface area contributed by atoms with Crippen LogP contribution in [0.2, 0.25) is 5.15 Å². The van der Waals surface area contributed by atoms with Gasteiger partial charge in [-0.25, -0.2) is 4.98 Å². The Hall–Kier alpha value is -1.37. The van der Waals surface area contributed by atoms with Crippen LogP contribution in [-0.2, 0) is 9.53 Å². The van der Waals surface area contributed by atoms with E-state index >= 15 is 0 Å². The molecule has 1 rings (SSSR count). The van der Waals surface area contributed by atoms with Gasteiger partial charge in [-0.15, -0.1) is 0 Å². The summed E-state index contributed by atoms with van der Waals surface area (Å²) in [6, 6.07) is 1.35. The number of ether oxygens (including phenoxy) is 1. The molecule has 0 saturated carbocycles. The second-order valence-electron chi connectivity index (χ2n) is 3.43. The Kier molecular flexibility index (Phi) is 4.68.